The summed E-state index contributed by atoms with van der Waals surface area (Å²) < 4.78 is 38.7. The third kappa shape index (κ3) is 6.57. The number of alkyl halides is 3. The van der Waals surface area contributed by atoms with Crippen LogP contribution in [0.5, 0.6) is 0 Å². The fraction of sp³-hybridized carbons (Fsp3) is 0.435. The van der Waals surface area contributed by atoms with Crippen LogP contribution >= 0.6 is 0 Å². The molecule has 0 radical (unpaired) electrons. The maximum absolute atomic E-state index is 13.2. The summed E-state index contributed by atoms with van der Waals surface area (Å²) in [6.07, 6.45) is -3.74. The van der Waals surface area contributed by atoms with Gasteiger partial charge < -0.3 is 16.0 Å². The summed E-state index contributed by atoms with van der Waals surface area (Å²) in [5.41, 5.74) is 7.15. The Morgan fingerprint density at radius 2 is 1.47 bits per heavy atom. The number of nitrogens with one attached hydrogen (secondary N) is 1. The molecular formula is C23H30F3N3O. The number of carbonyl (C=O) groups is 1. The number of hydrogen-bond donors (Lipinski definition) is 2. The Hall–Kier alpha value is -2.38. The first-order valence-corrected chi connectivity index (χ1v) is 9.90. The second-order valence-electron chi connectivity index (χ2n) is 8.08. The van der Waals surface area contributed by atoms with Crippen LogP contribution in [0.4, 0.5) is 13.2 Å². The molecule has 1 atom stereocenters. The Morgan fingerprint density at radius 3 is 1.90 bits per heavy atom. The van der Waals surface area contributed by atoms with Crippen LogP contribution < -0.4 is 11.1 Å². The molecule has 4 nitrogen and oxygen atoms in total. The lowest BCUT2D eigenvalue weighted by atomic mass is 9.75. The number of nitrogens with zero attached hydrogens (tertiary/aromatic N) is 1. The van der Waals surface area contributed by atoms with Gasteiger partial charge in [0.15, 0.2) is 0 Å². The van der Waals surface area contributed by atoms with Gasteiger partial charge >= 0.3 is 6.18 Å². The Bertz CT molecular complexity index is 817. The van der Waals surface area contributed by atoms with Crippen LogP contribution in [-0.2, 0) is 23.8 Å². The number of hydrogen-bond acceptors (Lipinski definition) is 3. The van der Waals surface area contributed by atoms with Gasteiger partial charge in [0, 0.05) is 19.6 Å². The van der Waals surface area contributed by atoms with E-state index in [9.17, 15) is 18.0 Å². The van der Waals surface area contributed by atoms with E-state index in [1.165, 1.54) is 12.1 Å². The van der Waals surface area contributed by atoms with Crippen molar-refractivity contribution in [2.75, 3.05) is 33.7 Å². The SMILES string of the molecule is Cc1ccc(CC(CN)(Cc2ccc(C(F)(F)F)cc2)C(=O)NCCN(C)C)cc1. The number of likely N-dealkylation sites (N-methyl/N-ethyl adjacent to an activating group) is 1. The van der Waals surface area contributed by atoms with Crippen LogP contribution in [0.3, 0.4) is 0 Å². The molecule has 0 heterocycles. The number of carbonyl (C=O) groups excluding carboxylic acids is 1. The Kier molecular flexibility index (Phi) is 8.03. The van der Waals surface area contributed by atoms with E-state index in [0.29, 0.717) is 25.1 Å². The van der Waals surface area contributed by atoms with E-state index in [-0.39, 0.29) is 18.9 Å². The monoisotopic (exact) mass is 421 g/mol. The number of nitrogens with two attached hydrogens (primary N) is 1. The van der Waals surface area contributed by atoms with E-state index in [1.807, 2.05) is 50.2 Å². The minimum atomic E-state index is -4.39. The highest BCUT2D eigenvalue weighted by Crippen LogP contribution is 2.32. The molecule has 0 bridgehead atoms. The molecule has 0 aliphatic rings. The largest absolute Gasteiger partial charge is 0.416 e. The van der Waals surface area contributed by atoms with E-state index in [0.717, 1.165) is 23.3 Å². The highest BCUT2D eigenvalue weighted by atomic mass is 19.4. The first-order valence-electron chi connectivity index (χ1n) is 9.90. The van der Waals surface area contributed by atoms with Crippen LogP contribution in [-0.4, -0.2) is 44.5 Å². The van der Waals surface area contributed by atoms with E-state index < -0.39 is 17.2 Å². The second-order valence-corrected chi connectivity index (χ2v) is 8.08. The maximum Gasteiger partial charge on any atom is 0.416 e. The molecule has 0 aromatic heterocycles. The van der Waals surface area contributed by atoms with Gasteiger partial charge in [-0.1, -0.05) is 42.0 Å². The lowest BCUT2D eigenvalue weighted by Gasteiger charge is -2.32. The molecule has 0 saturated heterocycles. The van der Waals surface area contributed by atoms with Gasteiger partial charge in [-0.05, 0) is 57.1 Å². The molecule has 0 saturated carbocycles. The molecule has 1 amide bonds. The molecule has 1 unspecified atom stereocenters. The highest BCUT2D eigenvalue weighted by Gasteiger charge is 2.38. The van der Waals surface area contributed by atoms with Crippen molar-refractivity contribution >= 4 is 5.91 Å². The average Bonchev–Trinajstić information content (AvgIpc) is 2.68. The number of halogens is 3. The topological polar surface area (TPSA) is 58.4 Å². The van der Waals surface area contributed by atoms with Crippen molar-refractivity contribution in [3.05, 3.63) is 70.8 Å². The van der Waals surface area contributed by atoms with Crippen molar-refractivity contribution in [3.8, 4) is 0 Å². The molecule has 2 aromatic rings. The third-order valence-electron chi connectivity index (χ3n) is 5.20. The van der Waals surface area contributed by atoms with E-state index in [2.05, 4.69) is 5.32 Å². The summed E-state index contributed by atoms with van der Waals surface area (Å²) >= 11 is 0. The number of benzene rings is 2. The van der Waals surface area contributed by atoms with Gasteiger partial charge in [-0.25, -0.2) is 0 Å². The minimum absolute atomic E-state index is 0.0791. The molecule has 0 aliphatic heterocycles. The normalized spacial score (nSPS) is 13.9. The average molecular weight is 422 g/mol. The van der Waals surface area contributed by atoms with Gasteiger partial charge in [0.25, 0.3) is 0 Å². The summed E-state index contributed by atoms with van der Waals surface area (Å²) in [6, 6.07) is 12.8. The van der Waals surface area contributed by atoms with Crippen molar-refractivity contribution in [3.63, 3.8) is 0 Å². The van der Waals surface area contributed by atoms with E-state index in [4.69, 9.17) is 5.73 Å². The number of aryl methyl sites for hydroxylation is 1. The molecule has 2 rings (SSSR count). The molecule has 164 valence electrons. The molecular weight excluding hydrogens is 391 g/mol. The zero-order valence-corrected chi connectivity index (χ0v) is 17.7. The second kappa shape index (κ2) is 10.1. The molecule has 7 heteroatoms. The van der Waals surface area contributed by atoms with Crippen LogP contribution in [0.15, 0.2) is 48.5 Å². The summed E-state index contributed by atoms with van der Waals surface area (Å²) in [6.45, 7) is 3.21. The van der Waals surface area contributed by atoms with Gasteiger partial charge in [-0.15, -0.1) is 0 Å². The predicted molar refractivity (Wildman–Crippen MR) is 113 cm³/mol. The van der Waals surface area contributed by atoms with Crippen LogP contribution in [0, 0.1) is 12.3 Å². The smallest absolute Gasteiger partial charge is 0.354 e. The zero-order chi connectivity index (χ0) is 22.4. The summed E-state index contributed by atoms with van der Waals surface area (Å²) in [5.74, 6) is -0.188. The van der Waals surface area contributed by atoms with Crippen molar-refractivity contribution in [1.29, 1.82) is 0 Å². The molecule has 0 spiro atoms. The first-order chi connectivity index (χ1) is 14.1. The Labute approximate surface area is 176 Å². The highest BCUT2D eigenvalue weighted by molar-refractivity contribution is 5.83. The van der Waals surface area contributed by atoms with E-state index >= 15 is 0 Å². The predicted octanol–water partition coefficient (Wildman–Crippen LogP) is 3.42. The van der Waals surface area contributed by atoms with Crippen LogP contribution in [0.2, 0.25) is 0 Å². The lowest BCUT2D eigenvalue weighted by Crippen LogP contribution is -2.50. The summed E-state index contributed by atoms with van der Waals surface area (Å²) in [4.78, 5) is 15.1. The first kappa shape index (κ1) is 23.9. The quantitative estimate of drug-likeness (QED) is 0.652. The van der Waals surface area contributed by atoms with Gasteiger partial charge in [0.05, 0.1) is 11.0 Å². The summed E-state index contributed by atoms with van der Waals surface area (Å²) in [7, 11) is 3.83. The van der Waals surface area contributed by atoms with Crippen molar-refractivity contribution in [1.82, 2.24) is 10.2 Å². The number of amides is 1. The fourth-order valence-corrected chi connectivity index (χ4v) is 3.34. The lowest BCUT2D eigenvalue weighted by molar-refractivity contribution is -0.137. The summed E-state index contributed by atoms with van der Waals surface area (Å²) in [5, 5.41) is 2.95. The van der Waals surface area contributed by atoms with Gasteiger partial charge in [0.2, 0.25) is 5.91 Å². The molecule has 0 fully saturated rings. The minimum Gasteiger partial charge on any atom is -0.354 e. The van der Waals surface area contributed by atoms with Crippen LogP contribution in [0.25, 0.3) is 0 Å². The maximum atomic E-state index is 13.2. The molecule has 3 N–H and O–H groups in total. The van der Waals surface area contributed by atoms with E-state index in [1.54, 1.807) is 0 Å². The van der Waals surface area contributed by atoms with Crippen molar-refractivity contribution < 1.29 is 18.0 Å². The molecule has 30 heavy (non-hydrogen) atoms. The Balaban J connectivity index is 2.30. The number of rotatable bonds is 9. The van der Waals surface area contributed by atoms with Gasteiger partial charge in [-0.3, -0.25) is 4.79 Å². The molecule has 2 aromatic carbocycles. The standard InChI is InChI=1S/C23H30F3N3O/c1-17-4-6-18(7-5-17)14-22(16-27,21(30)28-12-13-29(2)3)15-19-8-10-20(11-9-19)23(24,25)26/h4-11H,12-16,27H2,1-3H3,(H,28,30). The fourth-order valence-electron chi connectivity index (χ4n) is 3.34. The van der Waals surface area contributed by atoms with Crippen molar-refractivity contribution in [2.45, 2.75) is 25.9 Å². The third-order valence-corrected chi connectivity index (χ3v) is 5.20. The van der Waals surface area contributed by atoms with Crippen LogP contribution in [0.1, 0.15) is 22.3 Å². The van der Waals surface area contributed by atoms with Crippen molar-refractivity contribution in [2.24, 2.45) is 11.1 Å². The van der Waals surface area contributed by atoms with Gasteiger partial charge in [0.1, 0.15) is 0 Å². The molecule has 0 aliphatic carbocycles. The van der Waals surface area contributed by atoms with Gasteiger partial charge in [-0.2, -0.15) is 13.2 Å². The zero-order valence-electron chi connectivity index (χ0n) is 17.7. The Morgan fingerprint density at radius 1 is 0.967 bits per heavy atom.